The number of benzene rings is 5. The van der Waals surface area contributed by atoms with Gasteiger partial charge in [0, 0.05) is 44.5 Å². The monoisotopic (exact) mass is 525 g/mol. The molecule has 192 valence electrons. The SMILES string of the molecule is c1cc(-n2c3ccccc3c3ccc(-n4ncc5ccccc54)cc32)cc(-n2c3ccccc3c3cccnc32)c1. The molecular formula is C36H23N5. The molecule has 4 heterocycles. The molecule has 0 aliphatic heterocycles. The van der Waals surface area contributed by atoms with Crippen LogP contribution in [0.5, 0.6) is 0 Å². The summed E-state index contributed by atoms with van der Waals surface area (Å²) in [5.41, 5.74) is 8.71. The highest BCUT2D eigenvalue weighted by Gasteiger charge is 2.17. The Balaban J connectivity index is 1.31. The minimum absolute atomic E-state index is 0.959. The van der Waals surface area contributed by atoms with E-state index in [0.717, 1.165) is 50.0 Å². The van der Waals surface area contributed by atoms with Crippen LogP contribution >= 0.6 is 0 Å². The first-order chi connectivity index (χ1) is 20.3. The standard InChI is InChI=1S/C36H23N5/c1-4-15-32-24(9-1)23-38-41(32)27-18-19-30-28-12-2-5-16-33(28)39(35(30)22-27)25-10-7-11-26(21-25)40-34-17-6-3-13-29(34)31-14-8-20-37-36(31)40/h1-23H. The van der Waals surface area contributed by atoms with Crippen molar-refractivity contribution in [3.8, 4) is 17.1 Å². The van der Waals surface area contributed by atoms with Crippen LogP contribution in [0.1, 0.15) is 0 Å². The van der Waals surface area contributed by atoms with Gasteiger partial charge < -0.3 is 4.57 Å². The largest absolute Gasteiger partial charge is 0.309 e. The summed E-state index contributed by atoms with van der Waals surface area (Å²) in [6, 6.07) is 45.0. The van der Waals surface area contributed by atoms with E-state index < -0.39 is 0 Å². The lowest BCUT2D eigenvalue weighted by Crippen LogP contribution is -2.00. The second-order valence-corrected chi connectivity index (χ2v) is 10.4. The predicted molar refractivity (Wildman–Crippen MR) is 168 cm³/mol. The van der Waals surface area contributed by atoms with Crippen molar-refractivity contribution in [2.75, 3.05) is 0 Å². The molecule has 0 fully saturated rings. The zero-order valence-electron chi connectivity index (χ0n) is 22.0. The van der Waals surface area contributed by atoms with Crippen LogP contribution in [-0.4, -0.2) is 23.9 Å². The fourth-order valence-corrected chi connectivity index (χ4v) is 6.37. The van der Waals surface area contributed by atoms with Gasteiger partial charge in [-0.2, -0.15) is 5.10 Å². The summed E-state index contributed by atoms with van der Waals surface area (Å²) in [4.78, 5) is 4.80. The first-order valence-electron chi connectivity index (χ1n) is 13.8. The van der Waals surface area contributed by atoms with Crippen LogP contribution in [0.2, 0.25) is 0 Å². The molecule has 0 amide bonds. The highest BCUT2D eigenvalue weighted by Crippen LogP contribution is 2.36. The van der Waals surface area contributed by atoms with Crippen molar-refractivity contribution in [3.05, 3.63) is 140 Å². The molecule has 0 aliphatic carbocycles. The van der Waals surface area contributed by atoms with Gasteiger partial charge in [-0.15, -0.1) is 0 Å². The minimum Gasteiger partial charge on any atom is -0.309 e. The summed E-state index contributed by atoms with van der Waals surface area (Å²) in [5.74, 6) is 0. The number of aromatic nitrogens is 5. The molecule has 0 aliphatic rings. The second-order valence-electron chi connectivity index (χ2n) is 10.4. The van der Waals surface area contributed by atoms with E-state index >= 15 is 0 Å². The van der Waals surface area contributed by atoms with Gasteiger partial charge in [-0.25, -0.2) is 9.67 Å². The molecule has 0 spiro atoms. The van der Waals surface area contributed by atoms with Crippen LogP contribution < -0.4 is 0 Å². The number of nitrogens with zero attached hydrogens (tertiary/aromatic N) is 5. The molecule has 5 heteroatoms. The Hall–Kier alpha value is -5.68. The van der Waals surface area contributed by atoms with E-state index in [4.69, 9.17) is 10.1 Å². The average molecular weight is 526 g/mol. The molecule has 4 aromatic heterocycles. The lowest BCUT2D eigenvalue weighted by Gasteiger charge is -2.13. The van der Waals surface area contributed by atoms with Gasteiger partial charge in [0.15, 0.2) is 0 Å². The molecule has 9 rings (SSSR count). The molecule has 41 heavy (non-hydrogen) atoms. The number of fused-ring (bicyclic) bond motifs is 7. The summed E-state index contributed by atoms with van der Waals surface area (Å²) in [7, 11) is 0. The molecule has 5 aromatic carbocycles. The Morgan fingerprint density at radius 2 is 1.10 bits per heavy atom. The summed E-state index contributed by atoms with van der Waals surface area (Å²) in [6.07, 6.45) is 3.80. The maximum absolute atomic E-state index is 4.80. The summed E-state index contributed by atoms with van der Waals surface area (Å²) in [6.45, 7) is 0. The predicted octanol–water partition coefficient (Wildman–Crippen LogP) is 8.61. The lowest BCUT2D eigenvalue weighted by molar-refractivity contribution is 0.911. The summed E-state index contributed by atoms with van der Waals surface area (Å²) >= 11 is 0. The Kier molecular flexibility index (Phi) is 4.55. The zero-order valence-corrected chi connectivity index (χ0v) is 22.0. The minimum atomic E-state index is 0.959. The van der Waals surface area contributed by atoms with Crippen LogP contribution in [-0.2, 0) is 0 Å². The Morgan fingerprint density at radius 1 is 0.439 bits per heavy atom. The van der Waals surface area contributed by atoms with Crippen molar-refractivity contribution in [1.29, 1.82) is 0 Å². The third kappa shape index (κ3) is 3.17. The normalized spacial score (nSPS) is 11.9. The molecule has 0 bridgehead atoms. The van der Waals surface area contributed by atoms with Gasteiger partial charge in [-0.3, -0.25) is 4.57 Å². The van der Waals surface area contributed by atoms with Crippen molar-refractivity contribution in [1.82, 2.24) is 23.9 Å². The van der Waals surface area contributed by atoms with E-state index in [1.54, 1.807) is 0 Å². The number of hydrogen-bond donors (Lipinski definition) is 0. The lowest BCUT2D eigenvalue weighted by atomic mass is 10.1. The molecular weight excluding hydrogens is 502 g/mol. The van der Waals surface area contributed by atoms with E-state index in [0.29, 0.717) is 0 Å². The van der Waals surface area contributed by atoms with Gasteiger partial charge in [0.05, 0.1) is 34.0 Å². The van der Waals surface area contributed by atoms with E-state index in [9.17, 15) is 0 Å². The van der Waals surface area contributed by atoms with Crippen LogP contribution in [0, 0.1) is 0 Å². The third-order valence-electron chi connectivity index (χ3n) is 8.16. The molecule has 0 atom stereocenters. The highest BCUT2D eigenvalue weighted by molar-refractivity contribution is 6.10. The fourth-order valence-electron chi connectivity index (χ4n) is 6.37. The number of pyridine rings is 1. The van der Waals surface area contributed by atoms with Crippen LogP contribution in [0.25, 0.3) is 71.7 Å². The van der Waals surface area contributed by atoms with E-state index in [-0.39, 0.29) is 0 Å². The Labute approximate surface area is 235 Å². The van der Waals surface area contributed by atoms with Crippen LogP contribution in [0.15, 0.2) is 140 Å². The first-order valence-corrected chi connectivity index (χ1v) is 13.8. The van der Waals surface area contributed by atoms with Gasteiger partial charge in [-0.05, 0) is 60.7 Å². The molecule has 5 nitrogen and oxygen atoms in total. The van der Waals surface area contributed by atoms with Gasteiger partial charge in [0.1, 0.15) is 5.65 Å². The third-order valence-corrected chi connectivity index (χ3v) is 8.16. The number of para-hydroxylation sites is 3. The fraction of sp³-hybridized carbons (Fsp3) is 0. The van der Waals surface area contributed by atoms with E-state index in [1.165, 1.54) is 21.7 Å². The number of rotatable bonds is 3. The molecule has 0 unspecified atom stereocenters. The van der Waals surface area contributed by atoms with E-state index in [2.05, 4.69) is 130 Å². The molecule has 0 radical (unpaired) electrons. The van der Waals surface area contributed by atoms with Crippen molar-refractivity contribution < 1.29 is 0 Å². The molecule has 0 saturated carbocycles. The first kappa shape index (κ1) is 22.2. The Bertz CT molecular complexity index is 2390. The highest BCUT2D eigenvalue weighted by atomic mass is 15.3. The topological polar surface area (TPSA) is 40.6 Å². The maximum Gasteiger partial charge on any atom is 0.145 e. The number of hydrogen-bond acceptors (Lipinski definition) is 2. The van der Waals surface area contributed by atoms with E-state index in [1.807, 2.05) is 23.1 Å². The van der Waals surface area contributed by atoms with Crippen molar-refractivity contribution in [2.45, 2.75) is 0 Å². The zero-order chi connectivity index (χ0) is 26.9. The summed E-state index contributed by atoms with van der Waals surface area (Å²) in [5, 5.41) is 10.7. The van der Waals surface area contributed by atoms with Gasteiger partial charge in [-0.1, -0.05) is 66.7 Å². The van der Waals surface area contributed by atoms with Crippen LogP contribution in [0.4, 0.5) is 0 Å². The van der Waals surface area contributed by atoms with Gasteiger partial charge >= 0.3 is 0 Å². The van der Waals surface area contributed by atoms with Crippen molar-refractivity contribution in [3.63, 3.8) is 0 Å². The van der Waals surface area contributed by atoms with Crippen molar-refractivity contribution in [2.24, 2.45) is 0 Å². The van der Waals surface area contributed by atoms with Crippen LogP contribution in [0.3, 0.4) is 0 Å². The Morgan fingerprint density at radius 3 is 1.95 bits per heavy atom. The second kappa shape index (κ2) is 8.41. The van der Waals surface area contributed by atoms with Gasteiger partial charge in [0.2, 0.25) is 0 Å². The summed E-state index contributed by atoms with van der Waals surface area (Å²) < 4.78 is 6.66. The molecule has 9 aromatic rings. The maximum atomic E-state index is 4.80. The smallest absolute Gasteiger partial charge is 0.145 e. The quantitative estimate of drug-likeness (QED) is 0.232. The molecule has 0 N–H and O–H groups in total. The average Bonchev–Trinajstić information content (AvgIpc) is 3.71. The molecule has 0 saturated heterocycles. The van der Waals surface area contributed by atoms with Crippen molar-refractivity contribution >= 4 is 54.6 Å². The van der Waals surface area contributed by atoms with Gasteiger partial charge in [0.25, 0.3) is 0 Å².